The monoisotopic (exact) mass is 609 g/mol. The van der Waals surface area contributed by atoms with E-state index >= 15 is 0 Å². The van der Waals surface area contributed by atoms with E-state index in [9.17, 15) is 28.8 Å². The normalized spacial score (nSPS) is 19.6. The number of rotatable bonds is 12. The predicted molar refractivity (Wildman–Crippen MR) is 151 cm³/mol. The minimum Gasteiger partial charge on any atom is -0.484 e. The molecule has 234 valence electrons. The Morgan fingerprint density at radius 1 is 1.20 bits per heavy atom. The quantitative estimate of drug-likeness (QED) is 0.332. The van der Waals surface area contributed by atoms with Crippen molar-refractivity contribution in [3.63, 3.8) is 0 Å². The molecule has 14 heteroatoms. The van der Waals surface area contributed by atoms with Crippen molar-refractivity contribution in [1.29, 1.82) is 0 Å². The molecule has 2 atom stereocenters. The second kappa shape index (κ2) is 12.6. The lowest BCUT2D eigenvalue weighted by Crippen LogP contribution is -2.54. The Labute approximate surface area is 253 Å². The Morgan fingerprint density at radius 2 is 1.95 bits per heavy atom. The molecule has 2 unspecified atom stereocenters. The number of likely N-dealkylation sites (N-methyl/N-ethyl adjacent to an activating group) is 1. The summed E-state index contributed by atoms with van der Waals surface area (Å²) in [5, 5.41) is 4.76. The Hall–Kier alpha value is -4.59. The highest BCUT2D eigenvalue weighted by molar-refractivity contribution is 6.23. The van der Waals surface area contributed by atoms with Crippen molar-refractivity contribution in [2.45, 2.75) is 57.5 Å². The van der Waals surface area contributed by atoms with Crippen molar-refractivity contribution < 1.29 is 42.7 Å². The van der Waals surface area contributed by atoms with Gasteiger partial charge in [0.05, 0.1) is 23.9 Å². The number of imide groups is 2. The van der Waals surface area contributed by atoms with Crippen LogP contribution in [-0.2, 0) is 30.3 Å². The molecule has 0 bridgehead atoms. The van der Waals surface area contributed by atoms with Gasteiger partial charge >= 0.3 is 0 Å². The molecule has 1 saturated heterocycles. The van der Waals surface area contributed by atoms with Crippen LogP contribution in [0.3, 0.4) is 0 Å². The maximum Gasteiger partial charge on any atom is 0.262 e. The van der Waals surface area contributed by atoms with Crippen molar-refractivity contribution >= 4 is 35.4 Å². The predicted octanol–water partition coefficient (Wildman–Crippen LogP) is 1.15. The lowest BCUT2D eigenvalue weighted by atomic mass is 9.69. The first-order chi connectivity index (χ1) is 21.1. The number of carbonyl (C=O) groups excluding carboxylic acids is 6. The summed E-state index contributed by atoms with van der Waals surface area (Å²) in [5.41, 5.74) is -0.247. The third-order valence-electron chi connectivity index (χ3n) is 8.42. The molecule has 2 aliphatic heterocycles. The standard InChI is InChI=1S/C30H35N5O9/c1-4-17-13-32-27(44-17)24(26(39)31-2)34(15-30(16-42-3)10-5-11-30)23(37)14-43-18-6-7-19-20(12-18)29(41)35(28(19)40)21-8-9-22(36)33-25(21)38/h6-7,12-13,21,24H,4-5,8-11,14-16H2,1-3H3,(H,31,39)(H,33,36,38). The lowest BCUT2D eigenvalue weighted by molar-refractivity contribution is -0.147. The maximum absolute atomic E-state index is 13.8. The molecule has 3 heterocycles. The first kappa shape index (κ1) is 30.9. The van der Waals surface area contributed by atoms with Crippen LogP contribution in [0.2, 0.25) is 0 Å². The molecule has 0 radical (unpaired) electrons. The zero-order valence-electron chi connectivity index (χ0n) is 24.8. The minimum atomic E-state index is -1.16. The van der Waals surface area contributed by atoms with Gasteiger partial charge in [-0.05, 0) is 37.5 Å². The Balaban J connectivity index is 1.37. The summed E-state index contributed by atoms with van der Waals surface area (Å²) < 4.78 is 17.1. The topological polar surface area (TPSA) is 177 Å². The maximum atomic E-state index is 13.8. The van der Waals surface area contributed by atoms with Gasteiger partial charge in [0.25, 0.3) is 23.6 Å². The smallest absolute Gasteiger partial charge is 0.262 e. The fourth-order valence-corrected chi connectivity index (χ4v) is 5.92. The highest BCUT2D eigenvalue weighted by Gasteiger charge is 2.46. The Morgan fingerprint density at radius 3 is 2.57 bits per heavy atom. The van der Waals surface area contributed by atoms with Crippen LogP contribution >= 0.6 is 0 Å². The molecule has 14 nitrogen and oxygen atoms in total. The molecule has 1 aromatic heterocycles. The van der Waals surface area contributed by atoms with Crippen molar-refractivity contribution in [2.24, 2.45) is 5.41 Å². The number of piperidine rings is 1. The van der Waals surface area contributed by atoms with Crippen LogP contribution in [-0.4, -0.2) is 90.2 Å². The van der Waals surface area contributed by atoms with Crippen molar-refractivity contribution in [3.05, 3.63) is 47.2 Å². The average molecular weight is 610 g/mol. The molecule has 6 amide bonds. The van der Waals surface area contributed by atoms with E-state index in [1.54, 1.807) is 7.11 Å². The largest absolute Gasteiger partial charge is 0.484 e. The zero-order chi connectivity index (χ0) is 31.6. The SMILES string of the molecule is CCc1cnc(C(C(=O)NC)N(CC2(COC)CCC2)C(=O)COc2ccc3c(c2)C(=O)N(C2CCC(=O)NC2=O)C3=O)o1. The number of methoxy groups -OCH3 is 1. The zero-order valence-corrected chi connectivity index (χ0v) is 24.8. The van der Waals surface area contributed by atoms with Crippen LogP contribution in [0.25, 0.3) is 0 Å². The van der Waals surface area contributed by atoms with Crippen LogP contribution < -0.4 is 15.4 Å². The minimum absolute atomic E-state index is 0.00673. The van der Waals surface area contributed by atoms with Gasteiger partial charge < -0.3 is 24.1 Å². The van der Waals surface area contributed by atoms with Gasteiger partial charge in [-0.2, -0.15) is 0 Å². The van der Waals surface area contributed by atoms with Crippen LogP contribution in [0.5, 0.6) is 5.75 Å². The molecule has 0 spiro atoms. The number of aromatic nitrogens is 1. The molecular weight excluding hydrogens is 574 g/mol. The third kappa shape index (κ3) is 5.81. The van der Waals surface area contributed by atoms with Gasteiger partial charge in [0, 0.05) is 39.0 Å². The van der Waals surface area contributed by atoms with E-state index in [2.05, 4.69) is 15.6 Å². The molecule has 44 heavy (non-hydrogen) atoms. The van der Waals surface area contributed by atoms with Gasteiger partial charge in [-0.25, -0.2) is 4.98 Å². The first-order valence-corrected chi connectivity index (χ1v) is 14.5. The molecule has 2 fully saturated rings. The van der Waals surface area contributed by atoms with E-state index in [-0.39, 0.29) is 47.6 Å². The average Bonchev–Trinajstić information content (AvgIpc) is 3.56. The number of nitrogens with zero attached hydrogens (tertiary/aromatic N) is 3. The number of ether oxygens (including phenoxy) is 2. The summed E-state index contributed by atoms with van der Waals surface area (Å²) in [6.45, 7) is 1.99. The molecule has 1 aliphatic carbocycles. The summed E-state index contributed by atoms with van der Waals surface area (Å²) in [4.78, 5) is 83.7. The molecule has 1 aromatic carbocycles. The molecule has 1 saturated carbocycles. The van der Waals surface area contributed by atoms with E-state index in [0.29, 0.717) is 18.8 Å². The number of hydrogen-bond donors (Lipinski definition) is 2. The van der Waals surface area contributed by atoms with E-state index < -0.39 is 54.1 Å². The molecular formula is C30H35N5O9. The molecule has 5 rings (SSSR count). The van der Waals surface area contributed by atoms with Gasteiger partial charge in [-0.1, -0.05) is 13.3 Å². The van der Waals surface area contributed by atoms with Gasteiger partial charge in [0.2, 0.25) is 17.7 Å². The van der Waals surface area contributed by atoms with Crippen LogP contribution in [0.15, 0.2) is 28.8 Å². The number of aryl methyl sites for hydroxylation is 1. The second-order valence-electron chi connectivity index (χ2n) is 11.3. The van der Waals surface area contributed by atoms with Gasteiger partial charge in [-0.15, -0.1) is 0 Å². The number of nitrogens with one attached hydrogen (secondary N) is 2. The summed E-state index contributed by atoms with van der Waals surface area (Å²) in [7, 11) is 3.06. The molecule has 3 aliphatic rings. The Bertz CT molecular complexity index is 1500. The third-order valence-corrected chi connectivity index (χ3v) is 8.42. The highest BCUT2D eigenvalue weighted by atomic mass is 16.5. The van der Waals surface area contributed by atoms with Crippen LogP contribution in [0.4, 0.5) is 0 Å². The van der Waals surface area contributed by atoms with Crippen LogP contribution in [0, 0.1) is 5.41 Å². The van der Waals surface area contributed by atoms with E-state index in [4.69, 9.17) is 13.9 Å². The number of carbonyl (C=O) groups is 6. The number of benzene rings is 1. The number of fused-ring (bicyclic) bond motifs is 1. The van der Waals surface area contributed by atoms with Crippen LogP contribution in [0.1, 0.15) is 77.4 Å². The molecule has 2 aromatic rings. The van der Waals surface area contributed by atoms with Crippen molar-refractivity contribution in [1.82, 2.24) is 25.4 Å². The number of amides is 6. The second-order valence-corrected chi connectivity index (χ2v) is 11.3. The van der Waals surface area contributed by atoms with Crippen molar-refractivity contribution in [2.75, 3.05) is 33.9 Å². The first-order valence-electron chi connectivity index (χ1n) is 14.5. The molecule has 2 N–H and O–H groups in total. The van der Waals surface area contributed by atoms with Gasteiger partial charge in [0.1, 0.15) is 17.6 Å². The lowest BCUT2D eigenvalue weighted by Gasteiger charge is -2.45. The van der Waals surface area contributed by atoms with Crippen molar-refractivity contribution in [3.8, 4) is 5.75 Å². The summed E-state index contributed by atoms with van der Waals surface area (Å²) in [5.74, 6) is -2.74. The highest BCUT2D eigenvalue weighted by Crippen LogP contribution is 2.43. The van der Waals surface area contributed by atoms with E-state index in [1.807, 2.05) is 6.92 Å². The fraction of sp³-hybridized carbons (Fsp3) is 0.500. The summed E-state index contributed by atoms with van der Waals surface area (Å²) in [6.07, 6.45) is 4.70. The summed E-state index contributed by atoms with van der Waals surface area (Å²) >= 11 is 0. The number of oxazole rings is 1. The number of hydrogen-bond acceptors (Lipinski definition) is 10. The Kier molecular flexibility index (Phi) is 8.81. The summed E-state index contributed by atoms with van der Waals surface area (Å²) in [6, 6.07) is 1.93. The van der Waals surface area contributed by atoms with E-state index in [0.717, 1.165) is 24.2 Å². The van der Waals surface area contributed by atoms with E-state index in [1.165, 1.54) is 36.3 Å². The van der Waals surface area contributed by atoms with Gasteiger partial charge in [-0.3, -0.25) is 39.0 Å². The fourth-order valence-electron chi connectivity index (χ4n) is 5.92. The van der Waals surface area contributed by atoms with Gasteiger partial charge in [0.15, 0.2) is 12.6 Å².